The minimum absolute atomic E-state index is 0.0856. The highest BCUT2D eigenvalue weighted by molar-refractivity contribution is 6.05. The van der Waals surface area contributed by atoms with Gasteiger partial charge < -0.3 is 9.72 Å². The molecule has 0 aliphatic heterocycles. The van der Waals surface area contributed by atoms with Gasteiger partial charge in [0.2, 0.25) is 0 Å². The van der Waals surface area contributed by atoms with Crippen LogP contribution in [0.4, 0.5) is 0 Å². The summed E-state index contributed by atoms with van der Waals surface area (Å²) in [5.41, 5.74) is 0.771. The van der Waals surface area contributed by atoms with Crippen molar-refractivity contribution in [3.8, 4) is 5.75 Å². The summed E-state index contributed by atoms with van der Waals surface area (Å²) in [5, 5.41) is 2.65. The molecule has 1 heterocycles. The van der Waals surface area contributed by atoms with E-state index in [0.29, 0.717) is 11.1 Å². The zero-order valence-corrected chi connectivity index (χ0v) is 9.36. The lowest BCUT2D eigenvalue weighted by atomic mass is 10.1. The molecule has 3 nitrogen and oxygen atoms in total. The third-order valence-electron chi connectivity index (χ3n) is 2.94. The first-order chi connectivity index (χ1) is 8.29. The van der Waals surface area contributed by atoms with Crippen LogP contribution >= 0.6 is 0 Å². The molecule has 3 aromatic rings. The third-order valence-corrected chi connectivity index (χ3v) is 2.94. The second kappa shape index (κ2) is 3.63. The molecule has 0 unspecified atom stereocenters. The summed E-state index contributed by atoms with van der Waals surface area (Å²) < 4.78 is 5.14. The molecule has 84 valence electrons. The molecule has 0 saturated heterocycles. The van der Waals surface area contributed by atoms with E-state index in [1.165, 1.54) is 0 Å². The van der Waals surface area contributed by atoms with Crippen molar-refractivity contribution >= 4 is 21.7 Å². The minimum Gasteiger partial charge on any atom is -0.497 e. The number of ether oxygens (including phenoxy) is 1. The number of para-hydroxylation sites is 1. The Morgan fingerprint density at radius 3 is 2.65 bits per heavy atom. The van der Waals surface area contributed by atoms with E-state index in [4.69, 9.17) is 4.74 Å². The van der Waals surface area contributed by atoms with Gasteiger partial charge in [-0.15, -0.1) is 0 Å². The highest BCUT2D eigenvalue weighted by Gasteiger charge is 2.05. The van der Waals surface area contributed by atoms with E-state index in [9.17, 15) is 4.79 Å². The Morgan fingerprint density at radius 2 is 1.82 bits per heavy atom. The number of fused-ring (bicyclic) bond motifs is 3. The van der Waals surface area contributed by atoms with Crippen LogP contribution in [0.3, 0.4) is 0 Å². The molecule has 0 saturated carbocycles. The molecule has 0 aliphatic rings. The topological polar surface area (TPSA) is 42.1 Å². The average molecular weight is 225 g/mol. The van der Waals surface area contributed by atoms with Gasteiger partial charge in [0.05, 0.1) is 12.5 Å². The monoisotopic (exact) mass is 225 g/mol. The summed E-state index contributed by atoms with van der Waals surface area (Å²) in [6.07, 6.45) is 0. The standard InChI is InChI=1S/C14H11NO2/c1-17-9-6-7-10-11-4-2-3-5-13(11)15-14(16)12(10)8-9/h2-8H,1H3,(H,15,16). The lowest BCUT2D eigenvalue weighted by molar-refractivity contribution is 0.415. The summed E-state index contributed by atoms with van der Waals surface area (Å²) in [7, 11) is 1.59. The van der Waals surface area contributed by atoms with Gasteiger partial charge >= 0.3 is 0 Å². The molecule has 0 radical (unpaired) electrons. The number of aromatic amines is 1. The molecule has 1 aromatic heterocycles. The van der Waals surface area contributed by atoms with Crippen molar-refractivity contribution in [2.75, 3.05) is 7.11 Å². The fraction of sp³-hybridized carbons (Fsp3) is 0.0714. The van der Waals surface area contributed by atoms with Crippen LogP contribution in [-0.4, -0.2) is 12.1 Å². The van der Waals surface area contributed by atoms with Gasteiger partial charge in [0, 0.05) is 10.9 Å². The van der Waals surface area contributed by atoms with E-state index in [1.54, 1.807) is 13.2 Å². The van der Waals surface area contributed by atoms with E-state index >= 15 is 0 Å². The number of hydrogen-bond donors (Lipinski definition) is 1. The van der Waals surface area contributed by atoms with E-state index in [0.717, 1.165) is 16.3 Å². The van der Waals surface area contributed by atoms with E-state index in [-0.39, 0.29) is 5.56 Å². The van der Waals surface area contributed by atoms with Crippen molar-refractivity contribution in [1.29, 1.82) is 0 Å². The van der Waals surface area contributed by atoms with Gasteiger partial charge in [0.15, 0.2) is 0 Å². The van der Waals surface area contributed by atoms with Crippen molar-refractivity contribution < 1.29 is 4.74 Å². The highest BCUT2D eigenvalue weighted by Crippen LogP contribution is 2.24. The Balaban J connectivity index is 2.54. The van der Waals surface area contributed by atoms with Crippen LogP contribution in [0.5, 0.6) is 5.75 Å². The number of methoxy groups -OCH3 is 1. The van der Waals surface area contributed by atoms with Crippen LogP contribution in [0, 0.1) is 0 Å². The van der Waals surface area contributed by atoms with E-state index in [1.807, 2.05) is 36.4 Å². The summed E-state index contributed by atoms with van der Waals surface area (Å²) in [5.74, 6) is 0.693. The Morgan fingerprint density at radius 1 is 1.00 bits per heavy atom. The van der Waals surface area contributed by atoms with Crippen molar-refractivity contribution in [2.24, 2.45) is 0 Å². The maximum Gasteiger partial charge on any atom is 0.256 e. The highest BCUT2D eigenvalue weighted by atomic mass is 16.5. The van der Waals surface area contributed by atoms with E-state index in [2.05, 4.69) is 4.98 Å². The van der Waals surface area contributed by atoms with Crippen LogP contribution in [0.2, 0.25) is 0 Å². The van der Waals surface area contributed by atoms with Crippen LogP contribution in [0.1, 0.15) is 0 Å². The Labute approximate surface area is 97.7 Å². The van der Waals surface area contributed by atoms with Crippen LogP contribution in [0.15, 0.2) is 47.3 Å². The Hall–Kier alpha value is -2.29. The fourth-order valence-electron chi connectivity index (χ4n) is 2.09. The van der Waals surface area contributed by atoms with Gasteiger partial charge in [-0.25, -0.2) is 0 Å². The summed E-state index contributed by atoms with van der Waals surface area (Å²) >= 11 is 0. The normalized spacial score (nSPS) is 10.9. The zero-order valence-electron chi connectivity index (χ0n) is 9.36. The number of aromatic nitrogens is 1. The predicted molar refractivity (Wildman–Crippen MR) is 68.6 cm³/mol. The van der Waals surface area contributed by atoms with Crippen molar-refractivity contribution in [1.82, 2.24) is 4.98 Å². The molecule has 0 fully saturated rings. The molecular weight excluding hydrogens is 214 g/mol. The number of pyridine rings is 1. The molecule has 0 aliphatic carbocycles. The molecule has 3 rings (SSSR count). The van der Waals surface area contributed by atoms with Gasteiger partial charge in [-0.1, -0.05) is 18.2 Å². The Kier molecular flexibility index (Phi) is 2.11. The van der Waals surface area contributed by atoms with Gasteiger partial charge in [-0.05, 0) is 29.7 Å². The van der Waals surface area contributed by atoms with Crippen molar-refractivity contribution in [3.05, 3.63) is 52.8 Å². The van der Waals surface area contributed by atoms with Crippen molar-refractivity contribution in [2.45, 2.75) is 0 Å². The molecule has 0 spiro atoms. The molecule has 3 heteroatoms. The molecule has 0 bridgehead atoms. The zero-order chi connectivity index (χ0) is 11.8. The number of nitrogens with one attached hydrogen (secondary N) is 1. The molecule has 0 amide bonds. The first-order valence-corrected chi connectivity index (χ1v) is 5.38. The smallest absolute Gasteiger partial charge is 0.256 e. The summed E-state index contributed by atoms with van der Waals surface area (Å²) in [6, 6.07) is 13.3. The van der Waals surface area contributed by atoms with Crippen molar-refractivity contribution in [3.63, 3.8) is 0 Å². The van der Waals surface area contributed by atoms with Gasteiger partial charge in [-0.2, -0.15) is 0 Å². The second-order valence-corrected chi connectivity index (χ2v) is 3.91. The van der Waals surface area contributed by atoms with Crippen LogP contribution < -0.4 is 10.3 Å². The number of H-pyrrole nitrogens is 1. The van der Waals surface area contributed by atoms with Crippen LogP contribution in [0.25, 0.3) is 21.7 Å². The predicted octanol–water partition coefficient (Wildman–Crippen LogP) is 2.69. The first-order valence-electron chi connectivity index (χ1n) is 5.38. The average Bonchev–Trinajstić information content (AvgIpc) is 2.38. The maximum absolute atomic E-state index is 11.9. The quantitative estimate of drug-likeness (QED) is 0.647. The minimum atomic E-state index is -0.0856. The number of rotatable bonds is 1. The largest absolute Gasteiger partial charge is 0.497 e. The molecule has 2 aromatic carbocycles. The van der Waals surface area contributed by atoms with Gasteiger partial charge in [-0.3, -0.25) is 4.79 Å². The van der Waals surface area contributed by atoms with Gasteiger partial charge in [0.25, 0.3) is 5.56 Å². The maximum atomic E-state index is 11.9. The molecule has 0 atom stereocenters. The molecule has 17 heavy (non-hydrogen) atoms. The lowest BCUT2D eigenvalue weighted by Gasteiger charge is -2.05. The molecular formula is C14H11NO2. The number of hydrogen-bond acceptors (Lipinski definition) is 2. The lowest BCUT2D eigenvalue weighted by Crippen LogP contribution is -2.06. The first kappa shape index (κ1) is 9.90. The summed E-state index contributed by atoms with van der Waals surface area (Å²) in [4.78, 5) is 14.8. The van der Waals surface area contributed by atoms with E-state index < -0.39 is 0 Å². The second-order valence-electron chi connectivity index (χ2n) is 3.91. The Bertz CT molecular complexity index is 759. The molecule has 1 N–H and O–H groups in total. The SMILES string of the molecule is COc1ccc2c(c1)c(=O)[nH]c1ccccc12. The van der Waals surface area contributed by atoms with Gasteiger partial charge in [0.1, 0.15) is 5.75 Å². The third kappa shape index (κ3) is 1.47. The fourth-order valence-corrected chi connectivity index (χ4v) is 2.09. The summed E-state index contributed by atoms with van der Waals surface area (Å²) in [6.45, 7) is 0. The van der Waals surface area contributed by atoms with Crippen LogP contribution in [-0.2, 0) is 0 Å². The number of benzene rings is 2.